The number of methoxy groups -OCH3 is 1. The summed E-state index contributed by atoms with van der Waals surface area (Å²) in [6, 6.07) is 2.67. The number of ether oxygens (including phenoxy) is 1. The van der Waals surface area contributed by atoms with E-state index in [1.165, 1.54) is 19.2 Å². The Labute approximate surface area is 110 Å². The van der Waals surface area contributed by atoms with E-state index in [0.29, 0.717) is 5.56 Å². The summed E-state index contributed by atoms with van der Waals surface area (Å²) in [6.07, 6.45) is 4.83. The van der Waals surface area contributed by atoms with Gasteiger partial charge < -0.3 is 4.74 Å². The molecule has 2 rings (SSSR count). The lowest BCUT2D eigenvalue weighted by Gasteiger charge is -2.24. The van der Waals surface area contributed by atoms with Crippen LogP contribution in [0.25, 0.3) is 5.57 Å². The quantitative estimate of drug-likeness (QED) is 0.782. The predicted molar refractivity (Wildman–Crippen MR) is 70.6 cm³/mol. The zero-order valence-electron chi connectivity index (χ0n) is 10.4. The highest BCUT2D eigenvalue weighted by Crippen LogP contribution is 2.30. The predicted octanol–water partition coefficient (Wildman–Crippen LogP) is 3.34. The normalized spacial score (nSPS) is 16.6. The second-order valence-electron chi connectivity index (χ2n) is 4.02. The Morgan fingerprint density at radius 2 is 1.94 bits per heavy atom. The van der Waals surface area contributed by atoms with Crippen LogP contribution in [0, 0.1) is 11.6 Å². The minimum absolute atomic E-state index is 0.319. The SMILES string of the molecule is COc1c(F)cc(C2=CCN(SC)CC2)cc1F. The lowest BCUT2D eigenvalue weighted by molar-refractivity contribution is 0.359. The van der Waals surface area contributed by atoms with E-state index in [1.54, 1.807) is 11.9 Å². The van der Waals surface area contributed by atoms with E-state index in [9.17, 15) is 8.78 Å². The molecule has 2 nitrogen and oxygen atoms in total. The molecule has 1 aliphatic rings. The molecule has 0 spiro atoms. The number of rotatable bonds is 3. The van der Waals surface area contributed by atoms with E-state index < -0.39 is 11.6 Å². The molecule has 0 saturated heterocycles. The highest BCUT2D eigenvalue weighted by atomic mass is 32.2. The second-order valence-corrected chi connectivity index (χ2v) is 4.90. The number of nitrogens with zero attached hydrogens (tertiary/aromatic N) is 1. The summed E-state index contributed by atoms with van der Waals surface area (Å²) in [4.78, 5) is 0. The van der Waals surface area contributed by atoms with Gasteiger partial charge in [0.25, 0.3) is 0 Å². The van der Waals surface area contributed by atoms with Crippen LogP contribution in [0.3, 0.4) is 0 Å². The van der Waals surface area contributed by atoms with Gasteiger partial charge >= 0.3 is 0 Å². The van der Waals surface area contributed by atoms with Gasteiger partial charge in [-0.1, -0.05) is 18.0 Å². The van der Waals surface area contributed by atoms with E-state index in [2.05, 4.69) is 9.04 Å². The van der Waals surface area contributed by atoms with Gasteiger partial charge in [0.1, 0.15) is 0 Å². The molecule has 0 atom stereocenters. The maximum absolute atomic E-state index is 13.6. The van der Waals surface area contributed by atoms with Crippen molar-refractivity contribution in [1.29, 1.82) is 0 Å². The van der Waals surface area contributed by atoms with Crippen LogP contribution < -0.4 is 4.74 Å². The van der Waals surface area contributed by atoms with Gasteiger partial charge in [-0.15, -0.1) is 0 Å². The third-order valence-electron chi connectivity index (χ3n) is 3.00. The Bertz CT molecular complexity index is 453. The summed E-state index contributed by atoms with van der Waals surface area (Å²) in [7, 11) is 1.26. The first-order valence-electron chi connectivity index (χ1n) is 5.67. The molecule has 5 heteroatoms. The van der Waals surface area contributed by atoms with Gasteiger partial charge in [0.15, 0.2) is 17.4 Å². The van der Waals surface area contributed by atoms with Gasteiger partial charge in [-0.2, -0.15) is 0 Å². The van der Waals surface area contributed by atoms with E-state index in [-0.39, 0.29) is 5.75 Å². The fourth-order valence-corrected chi connectivity index (χ4v) is 2.52. The van der Waals surface area contributed by atoms with Gasteiger partial charge in [0, 0.05) is 13.1 Å². The second kappa shape index (κ2) is 5.71. The van der Waals surface area contributed by atoms with Crippen LogP contribution in [0.5, 0.6) is 5.75 Å². The Morgan fingerprint density at radius 3 is 2.39 bits per heavy atom. The van der Waals surface area contributed by atoms with Crippen molar-refractivity contribution in [2.75, 3.05) is 26.5 Å². The maximum Gasteiger partial charge on any atom is 0.190 e. The topological polar surface area (TPSA) is 12.5 Å². The molecule has 0 N–H and O–H groups in total. The van der Waals surface area contributed by atoms with Crippen LogP contribution in [0.2, 0.25) is 0 Å². The Kier molecular flexibility index (Phi) is 4.24. The van der Waals surface area contributed by atoms with Crippen molar-refractivity contribution in [1.82, 2.24) is 4.31 Å². The standard InChI is InChI=1S/C13H15F2NOS/c1-17-13-11(14)7-10(8-12(13)15)9-3-5-16(18-2)6-4-9/h3,7-8H,4-6H2,1-2H3. The summed E-state index contributed by atoms with van der Waals surface area (Å²) in [5, 5.41) is 0. The number of hydrogen-bond donors (Lipinski definition) is 0. The third-order valence-corrected chi connectivity index (χ3v) is 3.85. The number of hydrogen-bond acceptors (Lipinski definition) is 3. The molecule has 0 aliphatic carbocycles. The maximum atomic E-state index is 13.6. The van der Waals surface area contributed by atoms with Crippen molar-refractivity contribution in [3.8, 4) is 5.75 Å². The lowest BCUT2D eigenvalue weighted by Crippen LogP contribution is -2.21. The van der Waals surface area contributed by atoms with Crippen LogP contribution in [0.15, 0.2) is 18.2 Å². The highest BCUT2D eigenvalue weighted by Gasteiger charge is 2.16. The van der Waals surface area contributed by atoms with Gasteiger partial charge in [-0.3, -0.25) is 0 Å². The largest absolute Gasteiger partial charge is 0.491 e. The van der Waals surface area contributed by atoms with Crippen molar-refractivity contribution in [2.24, 2.45) is 0 Å². The molecule has 0 fully saturated rings. The van der Waals surface area contributed by atoms with Crippen LogP contribution in [-0.2, 0) is 0 Å². The smallest absolute Gasteiger partial charge is 0.190 e. The zero-order valence-corrected chi connectivity index (χ0v) is 11.2. The molecule has 0 radical (unpaired) electrons. The molecule has 0 bridgehead atoms. The highest BCUT2D eigenvalue weighted by molar-refractivity contribution is 7.96. The van der Waals surface area contributed by atoms with Crippen molar-refractivity contribution in [3.05, 3.63) is 35.4 Å². The van der Waals surface area contributed by atoms with Crippen molar-refractivity contribution in [2.45, 2.75) is 6.42 Å². The van der Waals surface area contributed by atoms with Crippen molar-refractivity contribution in [3.63, 3.8) is 0 Å². The van der Waals surface area contributed by atoms with E-state index in [1.807, 2.05) is 12.3 Å². The molecule has 0 aromatic heterocycles. The Balaban J connectivity index is 2.27. The zero-order chi connectivity index (χ0) is 13.1. The molecule has 1 heterocycles. The average molecular weight is 271 g/mol. The molecule has 0 amide bonds. The molecule has 18 heavy (non-hydrogen) atoms. The van der Waals surface area contributed by atoms with Gasteiger partial charge in [0.05, 0.1) is 7.11 Å². The molecular formula is C13H15F2NOS. The average Bonchev–Trinajstić information content (AvgIpc) is 2.38. The van der Waals surface area contributed by atoms with Gasteiger partial charge in [0.2, 0.25) is 0 Å². The van der Waals surface area contributed by atoms with E-state index in [0.717, 1.165) is 25.1 Å². The monoisotopic (exact) mass is 271 g/mol. The lowest BCUT2D eigenvalue weighted by atomic mass is 10.00. The van der Waals surface area contributed by atoms with Crippen LogP contribution in [-0.4, -0.2) is 30.8 Å². The number of halogens is 2. The van der Waals surface area contributed by atoms with Crippen LogP contribution >= 0.6 is 11.9 Å². The molecule has 1 aromatic rings. The van der Waals surface area contributed by atoms with Crippen molar-refractivity contribution < 1.29 is 13.5 Å². The first kappa shape index (κ1) is 13.4. The summed E-state index contributed by atoms with van der Waals surface area (Å²) < 4.78 is 34.1. The first-order valence-corrected chi connectivity index (χ1v) is 6.85. The Hall–Kier alpha value is -1.07. The molecule has 98 valence electrons. The van der Waals surface area contributed by atoms with Crippen LogP contribution in [0.4, 0.5) is 8.78 Å². The fraction of sp³-hybridized carbons (Fsp3) is 0.385. The van der Waals surface area contributed by atoms with Crippen molar-refractivity contribution >= 4 is 17.5 Å². The summed E-state index contributed by atoms with van der Waals surface area (Å²) in [6.45, 7) is 1.69. The molecular weight excluding hydrogens is 256 g/mol. The molecule has 0 saturated carbocycles. The molecule has 1 aliphatic heterocycles. The summed E-state index contributed by atoms with van der Waals surface area (Å²) in [5.74, 6) is -1.62. The van der Waals surface area contributed by atoms with Crippen LogP contribution in [0.1, 0.15) is 12.0 Å². The van der Waals surface area contributed by atoms with Gasteiger partial charge in [-0.25, -0.2) is 13.1 Å². The summed E-state index contributed by atoms with van der Waals surface area (Å²) >= 11 is 1.68. The van der Waals surface area contributed by atoms with E-state index in [4.69, 9.17) is 0 Å². The minimum atomic E-state index is -0.652. The molecule has 0 unspecified atom stereocenters. The fourth-order valence-electron chi connectivity index (χ4n) is 2.02. The first-order chi connectivity index (χ1) is 8.65. The summed E-state index contributed by atoms with van der Waals surface area (Å²) in [5.41, 5.74) is 1.59. The third kappa shape index (κ3) is 2.67. The van der Waals surface area contributed by atoms with E-state index >= 15 is 0 Å². The van der Waals surface area contributed by atoms with Gasteiger partial charge in [-0.05, 0) is 35.9 Å². The minimum Gasteiger partial charge on any atom is -0.491 e. The molecule has 1 aromatic carbocycles. The Morgan fingerprint density at radius 1 is 1.28 bits per heavy atom. The number of benzene rings is 1.